The number of para-hydroxylation sites is 1. The second-order valence-corrected chi connectivity index (χ2v) is 9.36. The van der Waals surface area contributed by atoms with Crippen LogP contribution in [0.2, 0.25) is 0 Å². The van der Waals surface area contributed by atoms with Crippen molar-refractivity contribution in [1.29, 1.82) is 0 Å². The summed E-state index contributed by atoms with van der Waals surface area (Å²) >= 11 is 1.42. The van der Waals surface area contributed by atoms with Crippen LogP contribution < -0.4 is 15.0 Å². The van der Waals surface area contributed by atoms with E-state index in [1.807, 2.05) is 61.5 Å². The van der Waals surface area contributed by atoms with E-state index in [2.05, 4.69) is 27.1 Å². The van der Waals surface area contributed by atoms with Gasteiger partial charge < -0.3 is 15.0 Å². The highest BCUT2D eigenvalue weighted by Gasteiger charge is 2.25. The second-order valence-electron chi connectivity index (χ2n) is 8.37. The van der Waals surface area contributed by atoms with Crippen LogP contribution in [0.15, 0.2) is 60.9 Å². The number of hydrogen-bond donors (Lipinski definition) is 1. The summed E-state index contributed by atoms with van der Waals surface area (Å²) in [6.07, 6.45) is 5.18. The second kappa shape index (κ2) is 9.19. The molecule has 33 heavy (non-hydrogen) atoms. The fourth-order valence-electron chi connectivity index (χ4n) is 4.32. The Labute approximate surface area is 197 Å². The number of nitrogens with zero attached hydrogens (tertiary/aromatic N) is 3. The molecule has 1 fully saturated rings. The molecule has 1 aliphatic rings. The minimum absolute atomic E-state index is 0.134. The maximum atomic E-state index is 13.1. The number of rotatable bonds is 5. The van der Waals surface area contributed by atoms with Crippen LogP contribution in [0.5, 0.6) is 11.5 Å². The average molecular weight is 459 g/mol. The fourth-order valence-corrected chi connectivity index (χ4v) is 5.36. The van der Waals surface area contributed by atoms with Gasteiger partial charge in [-0.15, -0.1) is 11.3 Å². The zero-order chi connectivity index (χ0) is 22.8. The number of aromatic nitrogens is 2. The maximum Gasteiger partial charge on any atom is 0.266 e. The van der Waals surface area contributed by atoms with Gasteiger partial charge in [-0.3, -0.25) is 4.79 Å². The van der Waals surface area contributed by atoms with Crippen molar-refractivity contribution in [3.63, 3.8) is 0 Å². The lowest BCUT2D eigenvalue weighted by atomic mass is 10.0. The molecular weight excluding hydrogens is 432 g/mol. The molecule has 1 atom stereocenters. The Morgan fingerprint density at radius 1 is 1.06 bits per heavy atom. The van der Waals surface area contributed by atoms with E-state index >= 15 is 0 Å². The Morgan fingerprint density at radius 3 is 2.58 bits per heavy atom. The number of carbonyl (C=O) groups excluding carboxylic acids is 1. The quantitative estimate of drug-likeness (QED) is 0.374. The van der Waals surface area contributed by atoms with Crippen LogP contribution in [0, 0.1) is 6.92 Å². The van der Waals surface area contributed by atoms with E-state index in [1.165, 1.54) is 17.8 Å². The third kappa shape index (κ3) is 4.41. The number of fused-ring (bicyclic) bond motifs is 1. The van der Waals surface area contributed by atoms with Crippen LogP contribution in [0.1, 0.15) is 41.4 Å². The van der Waals surface area contributed by atoms with E-state index in [0.717, 1.165) is 46.7 Å². The van der Waals surface area contributed by atoms with Gasteiger partial charge in [-0.05, 0) is 75.1 Å². The lowest BCUT2D eigenvalue weighted by Crippen LogP contribution is -2.38. The molecule has 4 aromatic rings. The molecule has 1 saturated heterocycles. The topological polar surface area (TPSA) is 67.3 Å². The van der Waals surface area contributed by atoms with Gasteiger partial charge in [0.05, 0.1) is 10.3 Å². The summed E-state index contributed by atoms with van der Waals surface area (Å²) in [6, 6.07) is 17.4. The van der Waals surface area contributed by atoms with Crippen molar-refractivity contribution >= 4 is 39.0 Å². The molecule has 0 spiro atoms. The van der Waals surface area contributed by atoms with Gasteiger partial charge in [0, 0.05) is 18.3 Å². The van der Waals surface area contributed by atoms with Gasteiger partial charge in [0.15, 0.2) is 0 Å². The highest BCUT2D eigenvalue weighted by atomic mass is 32.1. The van der Waals surface area contributed by atoms with Gasteiger partial charge in [-0.1, -0.05) is 18.2 Å². The molecule has 3 heterocycles. The summed E-state index contributed by atoms with van der Waals surface area (Å²) in [5, 5.41) is 4.01. The number of aryl methyl sites for hydroxylation is 1. The summed E-state index contributed by atoms with van der Waals surface area (Å²) in [5.74, 6) is 2.30. The first kappa shape index (κ1) is 21.4. The van der Waals surface area contributed by atoms with Crippen LogP contribution in [0.3, 0.4) is 0 Å². The van der Waals surface area contributed by atoms with Gasteiger partial charge in [0.2, 0.25) is 0 Å². The molecule has 2 aromatic heterocycles. The molecule has 1 N–H and O–H groups in total. The third-order valence-electron chi connectivity index (χ3n) is 6.08. The van der Waals surface area contributed by atoms with Crippen molar-refractivity contribution in [1.82, 2.24) is 9.97 Å². The molecule has 6 nitrogen and oxygen atoms in total. The first-order chi connectivity index (χ1) is 16.1. The first-order valence-electron chi connectivity index (χ1n) is 11.2. The highest BCUT2D eigenvalue weighted by molar-refractivity contribution is 7.20. The summed E-state index contributed by atoms with van der Waals surface area (Å²) in [7, 11) is 0. The summed E-state index contributed by atoms with van der Waals surface area (Å²) in [6.45, 7) is 5.22. The summed E-state index contributed by atoms with van der Waals surface area (Å²) < 4.78 is 5.83. The fraction of sp³-hybridized carbons (Fsp3) is 0.269. The van der Waals surface area contributed by atoms with E-state index in [4.69, 9.17) is 4.74 Å². The van der Waals surface area contributed by atoms with E-state index in [0.29, 0.717) is 22.4 Å². The van der Waals surface area contributed by atoms with Gasteiger partial charge >= 0.3 is 0 Å². The molecule has 0 unspecified atom stereocenters. The Kier molecular flexibility index (Phi) is 5.96. The van der Waals surface area contributed by atoms with Crippen LogP contribution in [0.4, 0.5) is 11.5 Å². The first-order valence-corrected chi connectivity index (χ1v) is 12.1. The molecule has 1 aliphatic heterocycles. The zero-order valence-electron chi connectivity index (χ0n) is 18.7. The van der Waals surface area contributed by atoms with E-state index in [9.17, 15) is 4.79 Å². The summed E-state index contributed by atoms with van der Waals surface area (Å²) in [5.41, 5.74) is 1.65. The van der Waals surface area contributed by atoms with E-state index in [-0.39, 0.29) is 5.91 Å². The van der Waals surface area contributed by atoms with Crippen molar-refractivity contribution in [2.45, 2.75) is 39.2 Å². The summed E-state index contributed by atoms with van der Waals surface area (Å²) in [4.78, 5) is 26.1. The molecule has 168 valence electrons. The van der Waals surface area contributed by atoms with Crippen LogP contribution >= 0.6 is 11.3 Å². The van der Waals surface area contributed by atoms with Gasteiger partial charge in [-0.2, -0.15) is 0 Å². The van der Waals surface area contributed by atoms with Crippen LogP contribution in [-0.4, -0.2) is 28.5 Å². The molecule has 5 rings (SSSR count). The van der Waals surface area contributed by atoms with Crippen molar-refractivity contribution in [2.75, 3.05) is 16.8 Å². The zero-order valence-corrected chi connectivity index (χ0v) is 19.6. The Balaban J connectivity index is 1.36. The molecule has 2 aromatic carbocycles. The molecule has 0 aliphatic carbocycles. The number of hydrogen-bond acceptors (Lipinski definition) is 6. The van der Waals surface area contributed by atoms with Crippen molar-refractivity contribution in [3.05, 3.63) is 71.4 Å². The number of nitrogens with one attached hydrogen (secondary N) is 1. The predicted octanol–water partition coefficient (Wildman–Crippen LogP) is 6.42. The molecule has 7 heteroatoms. The van der Waals surface area contributed by atoms with Crippen LogP contribution in [-0.2, 0) is 0 Å². The number of piperidine rings is 1. The lowest BCUT2D eigenvalue weighted by molar-refractivity contribution is 0.103. The Bertz CT molecular complexity index is 1270. The van der Waals surface area contributed by atoms with Crippen molar-refractivity contribution in [3.8, 4) is 11.5 Å². The molecule has 1 amide bonds. The highest BCUT2D eigenvalue weighted by Crippen LogP contribution is 2.37. The molecular formula is C26H26N4O2S. The third-order valence-corrected chi connectivity index (χ3v) is 7.28. The normalized spacial score (nSPS) is 16.1. The minimum atomic E-state index is -0.134. The number of carbonyl (C=O) groups is 1. The minimum Gasteiger partial charge on any atom is -0.457 e. The Hall–Kier alpha value is -3.45. The largest absolute Gasteiger partial charge is 0.457 e. The lowest BCUT2D eigenvalue weighted by Gasteiger charge is -2.34. The van der Waals surface area contributed by atoms with Crippen molar-refractivity contribution < 1.29 is 9.53 Å². The Morgan fingerprint density at radius 2 is 1.82 bits per heavy atom. The molecule has 0 bridgehead atoms. The van der Waals surface area contributed by atoms with Crippen molar-refractivity contribution in [2.24, 2.45) is 0 Å². The standard InChI is InChI=1S/C26H26N4O2S/c1-17-8-6-7-15-30(17)24-22-18(2)23(33-26(22)28-16-27-24)25(31)29-19-11-13-21(14-12-19)32-20-9-4-3-5-10-20/h3-5,9-14,16-17H,6-8,15H2,1-2H3,(H,29,31)/t17-/m0/s1. The SMILES string of the molecule is Cc1c(C(=O)Nc2ccc(Oc3ccccc3)cc2)sc2ncnc(N3CCCC[C@@H]3C)c12. The number of anilines is 2. The van der Waals surface area contributed by atoms with Gasteiger partial charge in [-0.25, -0.2) is 9.97 Å². The monoisotopic (exact) mass is 458 g/mol. The van der Waals surface area contributed by atoms with Gasteiger partial charge in [0.1, 0.15) is 28.5 Å². The number of amides is 1. The number of benzene rings is 2. The molecule has 0 saturated carbocycles. The van der Waals surface area contributed by atoms with Crippen LogP contribution in [0.25, 0.3) is 10.2 Å². The smallest absolute Gasteiger partial charge is 0.266 e. The number of ether oxygens (including phenoxy) is 1. The van der Waals surface area contributed by atoms with E-state index < -0.39 is 0 Å². The predicted molar refractivity (Wildman–Crippen MR) is 134 cm³/mol. The number of thiophene rings is 1. The van der Waals surface area contributed by atoms with Gasteiger partial charge in [0.25, 0.3) is 5.91 Å². The van der Waals surface area contributed by atoms with E-state index in [1.54, 1.807) is 6.33 Å². The average Bonchev–Trinajstić information content (AvgIpc) is 3.18. The molecule has 0 radical (unpaired) electrons. The maximum absolute atomic E-state index is 13.1.